The maximum absolute atomic E-state index is 6.08. The van der Waals surface area contributed by atoms with Gasteiger partial charge in [-0.25, -0.2) is 4.98 Å². The number of halogens is 1. The summed E-state index contributed by atoms with van der Waals surface area (Å²) in [4.78, 5) is 4.30. The van der Waals surface area contributed by atoms with E-state index in [4.69, 9.17) is 25.6 Å². The summed E-state index contributed by atoms with van der Waals surface area (Å²) in [6, 6.07) is 3.61. The summed E-state index contributed by atoms with van der Waals surface area (Å²) in [6.07, 6.45) is 0. The third-order valence-corrected chi connectivity index (χ3v) is 3.90. The Labute approximate surface area is 119 Å². The summed E-state index contributed by atoms with van der Waals surface area (Å²) >= 11 is 6.08. The Balaban J connectivity index is 2.23. The van der Waals surface area contributed by atoms with E-state index in [-0.39, 0.29) is 11.2 Å². The van der Waals surface area contributed by atoms with Gasteiger partial charge in [0.2, 0.25) is 0 Å². The quantitative estimate of drug-likeness (QED) is 0.631. The van der Waals surface area contributed by atoms with Gasteiger partial charge in [0.05, 0.1) is 23.4 Å². The zero-order chi connectivity index (χ0) is 14.3. The van der Waals surface area contributed by atoms with E-state index in [1.807, 2.05) is 40.7 Å². The lowest BCUT2D eigenvalue weighted by molar-refractivity contribution is 0.00578. The third-order valence-electron chi connectivity index (χ3n) is 3.63. The molecule has 0 unspecified atom stereocenters. The topological polar surface area (TPSA) is 40.6 Å². The number of rotatable bonds is 3. The Morgan fingerprint density at radius 3 is 2.26 bits per heavy atom. The van der Waals surface area contributed by atoms with Crippen molar-refractivity contribution in [3.8, 4) is 5.75 Å². The predicted octanol–water partition coefficient (Wildman–Crippen LogP) is 2.43. The molecule has 1 aromatic rings. The van der Waals surface area contributed by atoms with Crippen molar-refractivity contribution in [3.63, 3.8) is 0 Å². The first kappa shape index (κ1) is 14.6. The molecule has 1 aromatic heterocycles. The Bertz CT molecular complexity index is 463. The minimum atomic E-state index is -0.502. The highest BCUT2D eigenvalue weighted by atomic mass is 35.5. The molecule has 0 spiro atoms. The standard InChI is InChI=1S/C13H19BClNO3/c1-6-17-9-7-8-10(16-11(9)15)14-18-12(2,3)13(4,5)19-14/h7-8H,6H2,1-5H3. The van der Waals surface area contributed by atoms with Crippen LogP contribution in [0.1, 0.15) is 34.6 Å². The first-order valence-corrected chi connectivity index (χ1v) is 6.79. The average molecular weight is 284 g/mol. The molecule has 0 bridgehead atoms. The molecule has 0 N–H and O–H groups in total. The van der Waals surface area contributed by atoms with Gasteiger partial charge in [-0.15, -0.1) is 0 Å². The molecule has 104 valence electrons. The molecule has 0 amide bonds. The van der Waals surface area contributed by atoms with E-state index in [1.165, 1.54) is 0 Å². The molecule has 19 heavy (non-hydrogen) atoms. The summed E-state index contributed by atoms with van der Waals surface area (Å²) in [5.41, 5.74) is -0.110. The maximum Gasteiger partial charge on any atom is 0.514 e. The first-order chi connectivity index (χ1) is 8.77. The molecule has 2 heterocycles. The monoisotopic (exact) mass is 283 g/mol. The summed E-state index contributed by atoms with van der Waals surface area (Å²) < 4.78 is 17.2. The minimum absolute atomic E-state index is 0.328. The van der Waals surface area contributed by atoms with Crippen LogP contribution in [-0.4, -0.2) is 29.9 Å². The van der Waals surface area contributed by atoms with Gasteiger partial charge in [0.1, 0.15) is 0 Å². The number of ether oxygens (including phenoxy) is 1. The second kappa shape index (κ2) is 4.96. The number of aromatic nitrogens is 1. The van der Waals surface area contributed by atoms with Crippen molar-refractivity contribution in [3.05, 3.63) is 17.3 Å². The Morgan fingerprint density at radius 1 is 1.21 bits per heavy atom. The lowest BCUT2D eigenvalue weighted by Crippen LogP contribution is -2.41. The number of hydrogen-bond acceptors (Lipinski definition) is 4. The zero-order valence-electron chi connectivity index (χ0n) is 12.0. The van der Waals surface area contributed by atoms with Gasteiger partial charge in [0, 0.05) is 0 Å². The van der Waals surface area contributed by atoms with Crippen LogP contribution in [0.3, 0.4) is 0 Å². The van der Waals surface area contributed by atoms with Crippen molar-refractivity contribution >= 4 is 24.3 Å². The summed E-state index contributed by atoms with van der Waals surface area (Å²) in [6.45, 7) is 10.5. The van der Waals surface area contributed by atoms with E-state index in [0.717, 1.165) is 0 Å². The van der Waals surface area contributed by atoms with Crippen LogP contribution in [0.2, 0.25) is 5.15 Å². The van der Waals surface area contributed by atoms with Gasteiger partial charge in [0.25, 0.3) is 0 Å². The molecule has 4 nitrogen and oxygen atoms in total. The van der Waals surface area contributed by atoms with Crippen molar-refractivity contribution in [2.75, 3.05) is 6.61 Å². The smallest absolute Gasteiger partial charge is 0.491 e. The number of pyridine rings is 1. The van der Waals surface area contributed by atoms with Crippen LogP contribution in [-0.2, 0) is 9.31 Å². The molecule has 1 aliphatic heterocycles. The average Bonchev–Trinajstić information content (AvgIpc) is 2.51. The fourth-order valence-electron chi connectivity index (χ4n) is 1.79. The third kappa shape index (κ3) is 2.73. The van der Waals surface area contributed by atoms with Gasteiger partial charge in [-0.1, -0.05) is 11.6 Å². The largest absolute Gasteiger partial charge is 0.514 e. The Kier molecular flexibility index (Phi) is 3.82. The lowest BCUT2D eigenvalue weighted by Gasteiger charge is -2.32. The molecule has 1 aliphatic rings. The second-order valence-electron chi connectivity index (χ2n) is 5.55. The van der Waals surface area contributed by atoms with Crippen LogP contribution >= 0.6 is 11.6 Å². The van der Waals surface area contributed by atoms with E-state index in [9.17, 15) is 0 Å². The molecular weight excluding hydrogens is 264 g/mol. The maximum atomic E-state index is 6.08. The van der Waals surface area contributed by atoms with Crippen molar-refractivity contribution < 1.29 is 14.0 Å². The minimum Gasteiger partial charge on any atom is -0.491 e. The van der Waals surface area contributed by atoms with Gasteiger partial charge in [-0.2, -0.15) is 0 Å². The lowest BCUT2D eigenvalue weighted by atomic mass is 9.84. The highest BCUT2D eigenvalue weighted by Crippen LogP contribution is 2.36. The van der Waals surface area contributed by atoms with Gasteiger partial charge < -0.3 is 14.0 Å². The molecule has 0 aliphatic carbocycles. The van der Waals surface area contributed by atoms with Crippen molar-refractivity contribution in [2.45, 2.75) is 45.8 Å². The molecule has 0 radical (unpaired) electrons. The molecule has 0 atom stereocenters. The van der Waals surface area contributed by atoms with E-state index in [1.54, 1.807) is 6.07 Å². The van der Waals surface area contributed by atoms with Gasteiger partial charge in [-0.3, -0.25) is 0 Å². The Morgan fingerprint density at radius 2 is 1.79 bits per heavy atom. The molecule has 6 heteroatoms. The van der Waals surface area contributed by atoms with E-state index < -0.39 is 7.12 Å². The van der Waals surface area contributed by atoms with E-state index in [0.29, 0.717) is 23.1 Å². The van der Waals surface area contributed by atoms with E-state index >= 15 is 0 Å². The molecule has 1 fully saturated rings. The molecule has 0 aromatic carbocycles. The molecule has 0 saturated carbocycles. The van der Waals surface area contributed by atoms with Gasteiger partial charge >= 0.3 is 7.12 Å². The van der Waals surface area contributed by atoms with Gasteiger partial charge in [0.15, 0.2) is 10.9 Å². The predicted molar refractivity (Wildman–Crippen MR) is 76.1 cm³/mol. The fourth-order valence-corrected chi connectivity index (χ4v) is 2.01. The summed E-state index contributed by atoms with van der Waals surface area (Å²) in [5.74, 6) is 0.574. The van der Waals surface area contributed by atoms with Crippen molar-refractivity contribution in [1.29, 1.82) is 0 Å². The fraction of sp³-hybridized carbons (Fsp3) is 0.615. The Hall–Kier alpha value is -0.775. The molecule has 1 saturated heterocycles. The van der Waals surface area contributed by atoms with Crippen molar-refractivity contribution in [2.24, 2.45) is 0 Å². The summed E-state index contributed by atoms with van der Waals surface area (Å²) in [7, 11) is -0.502. The highest BCUT2D eigenvalue weighted by Gasteiger charge is 2.52. The second-order valence-corrected chi connectivity index (χ2v) is 5.90. The number of nitrogens with zero attached hydrogens (tertiary/aromatic N) is 1. The molecular formula is C13H19BClNO3. The van der Waals surface area contributed by atoms with Crippen LogP contribution < -0.4 is 10.3 Å². The van der Waals surface area contributed by atoms with Crippen LogP contribution in [0.5, 0.6) is 5.75 Å². The van der Waals surface area contributed by atoms with Crippen LogP contribution in [0.15, 0.2) is 12.1 Å². The van der Waals surface area contributed by atoms with Gasteiger partial charge in [-0.05, 0) is 46.8 Å². The van der Waals surface area contributed by atoms with Crippen LogP contribution in [0.25, 0.3) is 0 Å². The molecule has 2 rings (SSSR count). The highest BCUT2D eigenvalue weighted by molar-refractivity contribution is 6.61. The van der Waals surface area contributed by atoms with Crippen molar-refractivity contribution in [1.82, 2.24) is 4.98 Å². The van der Waals surface area contributed by atoms with Crippen LogP contribution in [0, 0.1) is 0 Å². The number of hydrogen-bond donors (Lipinski definition) is 0. The summed E-state index contributed by atoms with van der Waals surface area (Å²) in [5, 5.41) is 0.328. The van der Waals surface area contributed by atoms with Crippen LogP contribution in [0.4, 0.5) is 0 Å². The van der Waals surface area contributed by atoms with E-state index in [2.05, 4.69) is 4.98 Å². The zero-order valence-corrected chi connectivity index (χ0v) is 12.7. The normalized spacial score (nSPS) is 20.6. The SMILES string of the molecule is CCOc1ccc(B2OC(C)(C)C(C)(C)O2)nc1Cl. The first-order valence-electron chi connectivity index (χ1n) is 6.42.